The van der Waals surface area contributed by atoms with Crippen LogP contribution in [-0.4, -0.2) is 79.4 Å². The summed E-state index contributed by atoms with van der Waals surface area (Å²) in [6.07, 6.45) is 8.49. The number of aryl methyl sites for hydroxylation is 1. The molecule has 0 bridgehead atoms. The van der Waals surface area contributed by atoms with Crippen molar-refractivity contribution in [1.29, 1.82) is 0 Å². The average molecular weight is 843 g/mol. The third-order valence-electron chi connectivity index (χ3n) is 9.76. The Labute approximate surface area is 276 Å². The summed E-state index contributed by atoms with van der Waals surface area (Å²) in [7, 11) is 2.07. The summed E-state index contributed by atoms with van der Waals surface area (Å²) in [6, 6.07) is 7.90. The van der Waals surface area contributed by atoms with E-state index in [0.717, 1.165) is 64.9 Å². The van der Waals surface area contributed by atoms with Crippen LogP contribution >= 0.6 is 39.9 Å². The number of aliphatic hydroxyl groups is 1. The monoisotopic (exact) mass is 843 g/mol. The molecular weight excluding hydrogens is 806 g/mol. The third-order valence-corrected chi connectivity index (χ3v) is 20.0. The summed E-state index contributed by atoms with van der Waals surface area (Å²) < 4.78 is 34.4. The molecule has 12 heteroatoms. The fourth-order valence-electron chi connectivity index (χ4n) is 7.48. The van der Waals surface area contributed by atoms with Gasteiger partial charge in [0.25, 0.3) is 0 Å². The maximum absolute atomic E-state index is 13.9. The molecule has 2 N–H and O–H groups in total. The van der Waals surface area contributed by atoms with Crippen LogP contribution in [0.2, 0.25) is 0 Å². The van der Waals surface area contributed by atoms with E-state index in [2.05, 4.69) is 36.3 Å². The molecule has 1 atom stereocenters. The van der Waals surface area contributed by atoms with Gasteiger partial charge < -0.3 is 0 Å². The van der Waals surface area contributed by atoms with E-state index in [9.17, 15) is 23.5 Å². The van der Waals surface area contributed by atoms with Crippen molar-refractivity contribution in [3.05, 3.63) is 80.0 Å². The van der Waals surface area contributed by atoms with Crippen LogP contribution in [0.25, 0.3) is 5.57 Å². The van der Waals surface area contributed by atoms with Gasteiger partial charge in [0.2, 0.25) is 0 Å². The van der Waals surface area contributed by atoms with Crippen LogP contribution in [0, 0.1) is 0 Å². The molecule has 6 aliphatic rings. The van der Waals surface area contributed by atoms with Crippen molar-refractivity contribution in [3.8, 4) is 0 Å². The molecule has 6 heterocycles. The first-order chi connectivity index (χ1) is 21.6. The molecule has 8 rings (SSSR count). The zero-order chi connectivity index (χ0) is 31.2. The summed E-state index contributed by atoms with van der Waals surface area (Å²) in [5.41, 5.74) is 8.21. The second-order valence-electron chi connectivity index (χ2n) is 12.8. The van der Waals surface area contributed by atoms with Gasteiger partial charge in [-0.2, -0.15) is 0 Å². The Morgan fingerprint density at radius 1 is 1.11 bits per heavy atom. The topological polar surface area (TPSA) is 81.1 Å². The predicted molar refractivity (Wildman–Crippen MR) is 188 cm³/mol. The number of likely N-dealkylation sites (N-methyl/N-ethyl adjacent to an activating group) is 1. The number of aromatic nitrogens is 1. The van der Waals surface area contributed by atoms with Crippen molar-refractivity contribution < 1.29 is 23.5 Å². The fourth-order valence-corrected chi connectivity index (χ4v) is 16.8. The van der Waals surface area contributed by atoms with Gasteiger partial charge in [-0.15, -0.1) is 0 Å². The van der Waals surface area contributed by atoms with Crippen molar-refractivity contribution in [3.63, 3.8) is 0 Å². The summed E-state index contributed by atoms with van der Waals surface area (Å²) in [5, 5.41) is 14.4. The number of nitrogens with one attached hydrogen (secondary N) is 1. The van der Waals surface area contributed by atoms with E-state index >= 15 is 0 Å². The molecule has 2 fully saturated rings. The zero-order valence-corrected chi connectivity index (χ0v) is 29.7. The van der Waals surface area contributed by atoms with E-state index in [-0.39, 0.29) is 32.9 Å². The first kappa shape index (κ1) is 30.1. The summed E-state index contributed by atoms with van der Waals surface area (Å²) in [5.74, 6) is -2.62. The molecule has 8 nitrogen and oxygen atoms in total. The number of likely N-dealkylation sites (tertiary alicyclic amines) is 1. The molecule has 1 unspecified atom stereocenters. The van der Waals surface area contributed by atoms with Gasteiger partial charge in [-0.1, -0.05) is 0 Å². The van der Waals surface area contributed by atoms with Crippen molar-refractivity contribution in [2.24, 2.45) is 0 Å². The minimum absolute atomic E-state index is 0.0310. The van der Waals surface area contributed by atoms with Crippen molar-refractivity contribution in [1.82, 2.24) is 17.9 Å². The van der Waals surface area contributed by atoms with E-state index in [1.54, 1.807) is 4.90 Å². The van der Waals surface area contributed by atoms with Gasteiger partial charge in [-0.05, 0) is 0 Å². The molecule has 1 aromatic carbocycles. The van der Waals surface area contributed by atoms with Gasteiger partial charge in [0.1, 0.15) is 0 Å². The van der Waals surface area contributed by atoms with Crippen LogP contribution in [0.3, 0.4) is 0 Å². The number of carbonyl (C=O) groups excluding carboxylic acids is 2. The number of allylic oxidation sites excluding steroid dienone is 3. The Morgan fingerprint density at radius 2 is 1.91 bits per heavy atom. The number of amides is 1. The Hall–Kier alpha value is -2.30. The Bertz CT molecular complexity index is 1730. The summed E-state index contributed by atoms with van der Waals surface area (Å²) >= 11 is -3.78. The molecule has 1 amide bonds. The fraction of sp³-hybridized carbons (Fsp3) is 0.455. The van der Waals surface area contributed by atoms with Crippen molar-refractivity contribution in [2.45, 2.75) is 48.3 Å². The minimum atomic E-state index is -2.59. The normalized spacial score (nSPS) is 26.9. The van der Waals surface area contributed by atoms with Gasteiger partial charge >= 0.3 is 278 Å². The standard InChI is InChI=1S/C33H37F2I2N5O3/c1-36-15-22(12-26(30(36)44)38-33-14-23(39(2)37(33)18-33)16-40-19-32(34,35)20-40)24-7-5-9-28(25(24)17-43)42-11-10-41-27-8-4-3-6-21(27)13-29(41)31(42)45/h5,7,9,12-15,38,43H,3-4,6,8,10-11,16-20H2,1-2H3. The Balaban J connectivity index is 1.07. The molecule has 1 aromatic heterocycles. The van der Waals surface area contributed by atoms with Gasteiger partial charge in [0.15, 0.2) is 0 Å². The number of rotatable bonds is 7. The number of fused-ring (bicyclic) bond motifs is 4. The average Bonchev–Trinajstić information content (AvgIpc) is 3.46. The Morgan fingerprint density at radius 3 is 2.69 bits per heavy atom. The number of hydrogen-bond acceptors (Lipinski definition) is 6. The van der Waals surface area contributed by atoms with E-state index < -0.39 is 45.8 Å². The molecule has 0 radical (unpaired) electrons. The first-order valence-electron chi connectivity index (χ1n) is 15.4. The number of halogens is 4. The molecule has 2 aromatic rings. The van der Waals surface area contributed by atoms with Crippen molar-refractivity contribution in [2.75, 3.05) is 47.5 Å². The predicted octanol–water partition coefficient (Wildman–Crippen LogP) is 4.92. The second kappa shape index (κ2) is 10.9. The molecule has 5 aliphatic heterocycles. The molecular formula is C33H37F2I2N5O3. The second-order valence-corrected chi connectivity index (χ2v) is 23.4. The summed E-state index contributed by atoms with van der Waals surface area (Å²) in [4.78, 5) is 33.0. The molecule has 0 spiro atoms. The molecule has 1 aliphatic carbocycles. The van der Waals surface area contributed by atoms with Crippen molar-refractivity contribution >= 4 is 60.9 Å². The number of carbonyl (C=O) groups is 2. The number of hydrogen-bond donors (Lipinski definition) is 2. The van der Waals surface area contributed by atoms with Gasteiger partial charge in [-0.25, -0.2) is 0 Å². The van der Waals surface area contributed by atoms with Gasteiger partial charge in [0.05, 0.1) is 0 Å². The summed E-state index contributed by atoms with van der Waals surface area (Å²) in [6.45, 7) is 1.18. The van der Waals surface area contributed by atoms with Crippen LogP contribution in [0.15, 0.2) is 51.9 Å². The molecule has 2 saturated heterocycles. The van der Waals surface area contributed by atoms with E-state index in [0.29, 0.717) is 24.4 Å². The van der Waals surface area contributed by atoms with E-state index in [4.69, 9.17) is 0 Å². The quantitative estimate of drug-likeness (QED) is 0.136. The number of nitrogens with zero attached hydrogens (tertiary/aromatic N) is 4. The number of alkyl halides is 5. The van der Waals surface area contributed by atoms with E-state index in [1.165, 1.54) is 11.3 Å². The first-order valence-corrected chi connectivity index (χ1v) is 23.4. The van der Waals surface area contributed by atoms with Crippen LogP contribution in [0.5, 0.6) is 0 Å². The van der Waals surface area contributed by atoms with E-state index in [1.807, 2.05) is 34.1 Å². The van der Waals surface area contributed by atoms with Crippen LogP contribution in [0.1, 0.15) is 45.7 Å². The molecule has 240 valence electrons. The van der Waals surface area contributed by atoms with Crippen LogP contribution < -0.4 is 10.2 Å². The van der Waals surface area contributed by atoms with Gasteiger partial charge in [-0.3, -0.25) is 0 Å². The SMILES string of the molecule is CN1C(CN2CC(F)(F)C2)=CC2(NC3=CC(c4cccc(N5CCn6c(cc7c6CCCC7)C5=O)c4CO)=CI(C)C3=O)CI12. The van der Waals surface area contributed by atoms with Crippen LogP contribution in [0.4, 0.5) is 14.5 Å². The third kappa shape index (κ3) is 5.00. The maximum atomic E-state index is 13.9. The number of benzene rings is 1. The molecule has 45 heavy (non-hydrogen) atoms. The number of aliphatic hydroxyl groups excluding tert-OH is 1. The van der Waals surface area contributed by atoms with Crippen LogP contribution in [-0.2, 0) is 30.8 Å². The Kier molecular flexibility index (Phi) is 7.26. The van der Waals surface area contributed by atoms with Gasteiger partial charge in [0, 0.05) is 0 Å². The zero-order valence-electron chi connectivity index (χ0n) is 25.4. The number of anilines is 1. The molecule has 0 saturated carbocycles.